The fourth-order valence-electron chi connectivity index (χ4n) is 3.35. The van der Waals surface area contributed by atoms with E-state index in [4.69, 9.17) is 11.5 Å². The second-order valence-electron chi connectivity index (χ2n) is 8.47. The van der Waals surface area contributed by atoms with Crippen molar-refractivity contribution in [3.63, 3.8) is 0 Å². The Morgan fingerprint density at radius 2 is 0.688 bits per heavy atom. The lowest BCUT2D eigenvalue weighted by atomic mass is 10.1. The van der Waals surface area contributed by atoms with E-state index in [1.807, 2.05) is 0 Å². The Morgan fingerprint density at radius 3 is 1.00 bits per heavy atom. The van der Waals surface area contributed by atoms with Crippen molar-refractivity contribution < 1.29 is 14.4 Å². The summed E-state index contributed by atoms with van der Waals surface area (Å²) in [4.78, 5) is 35.1. The summed E-state index contributed by atoms with van der Waals surface area (Å²) >= 11 is 0. The van der Waals surface area contributed by atoms with Crippen molar-refractivity contribution in [2.24, 2.45) is 11.5 Å². The van der Waals surface area contributed by atoms with Gasteiger partial charge in [-0.3, -0.25) is 14.4 Å². The van der Waals surface area contributed by atoms with Gasteiger partial charge < -0.3 is 27.4 Å². The van der Waals surface area contributed by atoms with Crippen molar-refractivity contribution in [3.8, 4) is 0 Å². The molecule has 0 aliphatic heterocycles. The molecule has 0 saturated heterocycles. The first-order chi connectivity index (χ1) is 15.6. The standard InChI is InChI=1S/C24H49N5O3/c25-17-9-3-6-14-22(30)27-19-11-1-2-12-20-28-24(32)16-8-5-13-21-29-23(31)15-7-4-10-18-26/h1-21,25-26H2,(H,27,30)(H,28,32)(H,29,31). The molecule has 0 spiro atoms. The molecule has 8 heteroatoms. The van der Waals surface area contributed by atoms with Crippen molar-refractivity contribution in [3.05, 3.63) is 0 Å². The highest BCUT2D eigenvalue weighted by molar-refractivity contribution is 5.76. The van der Waals surface area contributed by atoms with Gasteiger partial charge in [0.05, 0.1) is 0 Å². The fraction of sp³-hybridized carbons (Fsp3) is 0.875. The van der Waals surface area contributed by atoms with Gasteiger partial charge in [-0.1, -0.05) is 32.1 Å². The molecule has 0 atom stereocenters. The highest BCUT2D eigenvalue weighted by atomic mass is 16.2. The van der Waals surface area contributed by atoms with Crippen LogP contribution in [-0.4, -0.2) is 50.4 Å². The molecule has 32 heavy (non-hydrogen) atoms. The molecule has 0 aromatic carbocycles. The zero-order valence-electron chi connectivity index (χ0n) is 20.2. The molecule has 0 saturated carbocycles. The molecule has 0 rings (SSSR count). The highest BCUT2D eigenvalue weighted by Crippen LogP contribution is 2.02. The lowest BCUT2D eigenvalue weighted by Crippen LogP contribution is -2.25. The van der Waals surface area contributed by atoms with Crippen LogP contribution in [0, 0.1) is 0 Å². The Morgan fingerprint density at radius 1 is 0.406 bits per heavy atom. The zero-order chi connectivity index (χ0) is 23.7. The van der Waals surface area contributed by atoms with Crippen LogP contribution in [0.25, 0.3) is 0 Å². The maximum absolute atomic E-state index is 11.8. The molecule has 0 radical (unpaired) electrons. The van der Waals surface area contributed by atoms with Gasteiger partial charge in [-0.25, -0.2) is 0 Å². The van der Waals surface area contributed by atoms with Gasteiger partial charge in [-0.05, 0) is 64.5 Å². The predicted octanol–water partition coefficient (Wildman–Crippen LogP) is 2.49. The minimum atomic E-state index is 0.107. The molecule has 8 nitrogen and oxygen atoms in total. The summed E-state index contributed by atoms with van der Waals surface area (Å²) in [6.07, 6.45) is 14.3. The van der Waals surface area contributed by atoms with E-state index in [2.05, 4.69) is 16.0 Å². The first kappa shape index (κ1) is 30.3. The third-order valence-corrected chi connectivity index (χ3v) is 5.37. The number of carbonyl (C=O) groups is 3. The fourth-order valence-corrected chi connectivity index (χ4v) is 3.35. The van der Waals surface area contributed by atoms with E-state index in [1.165, 1.54) is 0 Å². The van der Waals surface area contributed by atoms with Crippen molar-refractivity contribution in [2.45, 2.75) is 103 Å². The summed E-state index contributed by atoms with van der Waals surface area (Å²) in [5.74, 6) is 0.353. The second kappa shape index (κ2) is 24.0. The zero-order valence-corrected chi connectivity index (χ0v) is 20.2. The van der Waals surface area contributed by atoms with Crippen LogP contribution >= 0.6 is 0 Å². The molecule has 7 N–H and O–H groups in total. The molecule has 188 valence electrons. The normalized spacial score (nSPS) is 10.7. The van der Waals surface area contributed by atoms with E-state index < -0.39 is 0 Å². The monoisotopic (exact) mass is 455 g/mol. The lowest BCUT2D eigenvalue weighted by molar-refractivity contribution is -0.122. The molecule has 0 aliphatic carbocycles. The lowest BCUT2D eigenvalue weighted by Gasteiger charge is -2.07. The Balaban J connectivity index is 3.33. The van der Waals surface area contributed by atoms with Crippen LogP contribution in [0.3, 0.4) is 0 Å². The molecule has 0 bridgehead atoms. The van der Waals surface area contributed by atoms with Crippen molar-refractivity contribution >= 4 is 17.7 Å². The number of carbonyl (C=O) groups excluding carboxylic acids is 3. The second-order valence-corrected chi connectivity index (χ2v) is 8.47. The van der Waals surface area contributed by atoms with E-state index in [0.29, 0.717) is 45.4 Å². The van der Waals surface area contributed by atoms with Gasteiger partial charge in [0.15, 0.2) is 0 Å². The number of unbranched alkanes of at least 4 members (excludes halogenated alkanes) is 9. The highest BCUT2D eigenvalue weighted by Gasteiger charge is 2.03. The van der Waals surface area contributed by atoms with Gasteiger partial charge >= 0.3 is 0 Å². The van der Waals surface area contributed by atoms with Gasteiger partial charge in [-0.15, -0.1) is 0 Å². The number of nitrogens with two attached hydrogens (primary N) is 2. The van der Waals surface area contributed by atoms with Crippen LogP contribution < -0.4 is 27.4 Å². The molecule has 0 aliphatic rings. The minimum absolute atomic E-state index is 0.107. The Hall–Kier alpha value is -1.67. The molecule has 0 fully saturated rings. The van der Waals surface area contributed by atoms with Gasteiger partial charge in [0.1, 0.15) is 0 Å². The van der Waals surface area contributed by atoms with E-state index >= 15 is 0 Å². The van der Waals surface area contributed by atoms with E-state index in [1.54, 1.807) is 0 Å². The molecule has 0 aromatic heterocycles. The average molecular weight is 456 g/mol. The van der Waals surface area contributed by atoms with Crippen molar-refractivity contribution in [1.29, 1.82) is 0 Å². The summed E-state index contributed by atoms with van der Waals surface area (Å²) in [6, 6.07) is 0. The predicted molar refractivity (Wildman–Crippen MR) is 131 cm³/mol. The Kier molecular flexibility index (Phi) is 22.7. The van der Waals surface area contributed by atoms with E-state index in [9.17, 15) is 14.4 Å². The van der Waals surface area contributed by atoms with Crippen LogP contribution in [0.4, 0.5) is 0 Å². The van der Waals surface area contributed by atoms with E-state index in [0.717, 1.165) is 90.0 Å². The maximum atomic E-state index is 11.8. The van der Waals surface area contributed by atoms with E-state index in [-0.39, 0.29) is 17.7 Å². The molecule has 3 amide bonds. The number of hydrogen-bond donors (Lipinski definition) is 5. The minimum Gasteiger partial charge on any atom is -0.356 e. The third kappa shape index (κ3) is 23.0. The smallest absolute Gasteiger partial charge is 0.219 e. The van der Waals surface area contributed by atoms with Crippen LogP contribution in [0.1, 0.15) is 103 Å². The SMILES string of the molecule is NCCCCCC(=O)NCCCCCCNC(=O)CCCCCNC(=O)CCCCCN. The molecular formula is C24H49N5O3. The molecule has 0 heterocycles. The summed E-state index contributed by atoms with van der Waals surface area (Å²) in [5, 5.41) is 8.86. The van der Waals surface area contributed by atoms with Gasteiger partial charge in [0.25, 0.3) is 0 Å². The summed E-state index contributed by atoms with van der Waals surface area (Å²) in [5.41, 5.74) is 10.9. The maximum Gasteiger partial charge on any atom is 0.219 e. The molecular weight excluding hydrogens is 406 g/mol. The third-order valence-electron chi connectivity index (χ3n) is 5.37. The van der Waals surface area contributed by atoms with Gasteiger partial charge in [-0.2, -0.15) is 0 Å². The first-order valence-corrected chi connectivity index (χ1v) is 12.8. The topological polar surface area (TPSA) is 139 Å². The van der Waals surface area contributed by atoms with Crippen molar-refractivity contribution in [1.82, 2.24) is 16.0 Å². The number of rotatable bonds is 23. The van der Waals surface area contributed by atoms with Crippen molar-refractivity contribution in [2.75, 3.05) is 32.7 Å². The summed E-state index contributed by atoms with van der Waals surface area (Å²) < 4.78 is 0. The molecule has 0 unspecified atom stereocenters. The van der Waals surface area contributed by atoms with Crippen LogP contribution in [0.5, 0.6) is 0 Å². The number of amides is 3. The Bertz CT molecular complexity index is 475. The quantitative estimate of drug-likeness (QED) is 0.151. The first-order valence-electron chi connectivity index (χ1n) is 12.8. The summed E-state index contributed by atoms with van der Waals surface area (Å²) in [6.45, 7) is 3.52. The average Bonchev–Trinajstić information content (AvgIpc) is 2.78. The summed E-state index contributed by atoms with van der Waals surface area (Å²) in [7, 11) is 0. The molecule has 0 aromatic rings. The van der Waals surface area contributed by atoms with Crippen LogP contribution in [-0.2, 0) is 14.4 Å². The number of nitrogens with one attached hydrogen (secondary N) is 3. The van der Waals surface area contributed by atoms with Crippen LogP contribution in [0.15, 0.2) is 0 Å². The van der Waals surface area contributed by atoms with Crippen LogP contribution in [0.2, 0.25) is 0 Å². The largest absolute Gasteiger partial charge is 0.356 e. The Labute approximate surface area is 195 Å². The van der Waals surface area contributed by atoms with Gasteiger partial charge in [0, 0.05) is 38.9 Å². The van der Waals surface area contributed by atoms with Gasteiger partial charge in [0.2, 0.25) is 17.7 Å². The number of hydrogen-bond acceptors (Lipinski definition) is 5.